The van der Waals surface area contributed by atoms with Gasteiger partial charge in [-0.15, -0.1) is 0 Å². The van der Waals surface area contributed by atoms with Gasteiger partial charge >= 0.3 is 0 Å². The number of halogens is 3. The van der Waals surface area contributed by atoms with Crippen LogP contribution in [0.25, 0.3) is 0 Å². The molecule has 0 aliphatic heterocycles. The predicted molar refractivity (Wildman–Crippen MR) is 162 cm³/mol. The second kappa shape index (κ2) is 14.2. The third-order valence-electron chi connectivity index (χ3n) is 7.33. The van der Waals surface area contributed by atoms with Gasteiger partial charge in [0.1, 0.15) is 11.8 Å². The van der Waals surface area contributed by atoms with Crippen LogP contribution in [0.1, 0.15) is 54.4 Å². The number of amides is 2. The van der Waals surface area contributed by atoms with Crippen molar-refractivity contribution < 1.29 is 14.3 Å². The minimum Gasteiger partial charge on any atom is -0.484 e. The van der Waals surface area contributed by atoms with Gasteiger partial charge in [-0.1, -0.05) is 90.5 Å². The van der Waals surface area contributed by atoms with Gasteiger partial charge in [-0.2, -0.15) is 0 Å². The topological polar surface area (TPSA) is 58.6 Å². The second-order valence-corrected chi connectivity index (χ2v) is 11.7. The van der Waals surface area contributed by atoms with Crippen LogP contribution in [0, 0.1) is 13.8 Å². The van der Waals surface area contributed by atoms with Gasteiger partial charge in [0, 0.05) is 24.0 Å². The first-order valence-electron chi connectivity index (χ1n) is 13.7. The Kier molecular flexibility index (Phi) is 10.8. The summed E-state index contributed by atoms with van der Waals surface area (Å²) >= 11 is 18.8. The van der Waals surface area contributed by atoms with E-state index in [2.05, 4.69) is 5.32 Å². The van der Waals surface area contributed by atoms with Gasteiger partial charge in [-0.25, -0.2) is 0 Å². The number of carbonyl (C=O) groups excluding carboxylic acids is 2. The van der Waals surface area contributed by atoms with Crippen molar-refractivity contribution in [2.45, 2.75) is 71.0 Å². The smallest absolute Gasteiger partial charge is 0.261 e. The van der Waals surface area contributed by atoms with E-state index in [-0.39, 0.29) is 31.0 Å². The number of nitrogens with zero attached hydrogens (tertiary/aromatic N) is 1. The van der Waals surface area contributed by atoms with Gasteiger partial charge in [0.25, 0.3) is 5.91 Å². The molecule has 8 heteroatoms. The van der Waals surface area contributed by atoms with E-state index in [1.54, 1.807) is 17.0 Å². The fourth-order valence-electron chi connectivity index (χ4n) is 5.15. The fraction of sp³-hybridized carbons (Fsp3) is 0.375. The average Bonchev–Trinajstić information content (AvgIpc) is 2.95. The monoisotopic (exact) mass is 600 g/mol. The van der Waals surface area contributed by atoms with Crippen molar-refractivity contribution in [2.75, 3.05) is 6.61 Å². The summed E-state index contributed by atoms with van der Waals surface area (Å²) in [5.41, 5.74) is 3.46. The van der Waals surface area contributed by atoms with E-state index in [0.29, 0.717) is 27.2 Å². The summed E-state index contributed by atoms with van der Waals surface area (Å²) in [4.78, 5) is 29.3. The summed E-state index contributed by atoms with van der Waals surface area (Å²) in [5.74, 6) is 0.0758. The lowest BCUT2D eigenvalue weighted by molar-refractivity contribution is -0.143. The molecule has 4 rings (SSSR count). The number of nitrogens with one attached hydrogen (secondary N) is 1. The van der Waals surface area contributed by atoms with Crippen LogP contribution >= 0.6 is 34.8 Å². The van der Waals surface area contributed by atoms with Gasteiger partial charge < -0.3 is 15.0 Å². The van der Waals surface area contributed by atoms with E-state index < -0.39 is 6.04 Å². The number of benzene rings is 3. The Morgan fingerprint density at radius 1 is 0.900 bits per heavy atom. The lowest BCUT2D eigenvalue weighted by atomic mass is 9.94. The van der Waals surface area contributed by atoms with Crippen molar-refractivity contribution in [1.82, 2.24) is 10.2 Å². The first kappa shape index (κ1) is 30.2. The molecule has 0 bridgehead atoms. The minimum atomic E-state index is -0.747. The molecule has 3 aromatic carbocycles. The van der Waals surface area contributed by atoms with Crippen LogP contribution in [-0.2, 0) is 22.6 Å². The molecule has 0 spiro atoms. The first-order valence-corrected chi connectivity index (χ1v) is 14.8. The van der Waals surface area contributed by atoms with E-state index in [9.17, 15) is 9.59 Å². The average molecular weight is 602 g/mol. The number of carbonyl (C=O) groups is 2. The molecule has 1 unspecified atom stereocenters. The van der Waals surface area contributed by atoms with Crippen molar-refractivity contribution in [3.63, 3.8) is 0 Å². The molecule has 212 valence electrons. The fourth-order valence-corrected chi connectivity index (χ4v) is 5.58. The van der Waals surface area contributed by atoms with Crippen molar-refractivity contribution in [1.29, 1.82) is 0 Å². The van der Waals surface area contributed by atoms with Gasteiger partial charge in [0.15, 0.2) is 6.61 Å². The molecule has 1 aliphatic rings. The lowest BCUT2D eigenvalue weighted by Crippen LogP contribution is -2.53. The Bertz CT molecular complexity index is 1300. The number of hydrogen-bond acceptors (Lipinski definition) is 3. The zero-order valence-corrected chi connectivity index (χ0v) is 25.2. The Labute approximate surface area is 251 Å². The molecule has 1 aliphatic carbocycles. The first-order chi connectivity index (χ1) is 19.2. The Morgan fingerprint density at radius 2 is 1.57 bits per heavy atom. The molecule has 1 N–H and O–H groups in total. The molecule has 3 aromatic rings. The van der Waals surface area contributed by atoms with Crippen LogP contribution in [0.3, 0.4) is 0 Å². The van der Waals surface area contributed by atoms with E-state index in [1.807, 2.05) is 62.4 Å². The molecule has 0 heterocycles. The van der Waals surface area contributed by atoms with Gasteiger partial charge in [0.05, 0.1) is 10.0 Å². The van der Waals surface area contributed by atoms with Crippen molar-refractivity contribution >= 4 is 46.6 Å². The molecule has 1 fully saturated rings. The third-order valence-corrected chi connectivity index (χ3v) is 8.67. The van der Waals surface area contributed by atoms with Gasteiger partial charge in [-0.05, 0) is 73.2 Å². The number of hydrogen-bond donors (Lipinski definition) is 1. The van der Waals surface area contributed by atoms with Crippen LogP contribution in [0.5, 0.6) is 5.75 Å². The van der Waals surface area contributed by atoms with Crippen LogP contribution < -0.4 is 10.1 Å². The second-order valence-electron chi connectivity index (χ2n) is 10.5. The highest BCUT2D eigenvalue weighted by atomic mass is 35.5. The maximum absolute atomic E-state index is 13.9. The van der Waals surface area contributed by atoms with Crippen molar-refractivity contribution in [2.24, 2.45) is 0 Å². The summed E-state index contributed by atoms with van der Waals surface area (Å²) in [6.07, 6.45) is 5.63. The molecule has 2 amide bonds. The molecule has 0 saturated heterocycles. The largest absolute Gasteiger partial charge is 0.484 e. The van der Waals surface area contributed by atoms with E-state index in [0.717, 1.165) is 47.9 Å². The van der Waals surface area contributed by atoms with Gasteiger partial charge in [0.2, 0.25) is 5.91 Å². The van der Waals surface area contributed by atoms with Crippen molar-refractivity contribution in [3.05, 3.63) is 98.0 Å². The zero-order chi connectivity index (χ0) is 28.6. The number of aryl methyl sites for hydroxylation is 2. The normalized spacial score (nSPS) is 14.4. The Morgan fingerprint density at radius 3 is 2.23 bits per heavy atom. The SMILES string of the molecule is Cc1cc(OCC(=O)N(Cc2ccc(Cl)c(Cl)c2)C(Cc2ccccc2)C(=O)NC2CCCCC2)cc(C)c1Cl. The summed E-state index contributed by atoms with van der Waals surface area (Å²) in [5, 5.41) is 4.73. The maximum Gasteiger partial charge on any atom is 0.261 e. The molecule has 0 aromatic heterocycles. The molecule has 5 nitrogen and oxygen atoms in total. The molecule has 40 heavy (non-hydrogen) atoms. The van der Waals surface area contributed by atoms with Crippen LogP contribution in [0.2, 0.25) is 15.1 Å². The molecular weight excluding hydrogens is 567 g/mol. The zero-order valence-electron chi connectivity index (χ0n) is 22.9. The maximum atomic E-state index is 13.9. The quantitative estimate of drug-likeness (QED) is 0.259. The summed E-state index contributed by atoms with van der Waals surface area (Å²) < 4.78 is 5.95. The van der Waals surface area contributed by atoms with Gasteiger partial charge in [-0.3, -0.25) is 9.59 Å². The number of ether oxygens (including phenoxy) is 1. The highest BCUT2D eigenvalue weighted by Crippen LogP contribution is 2.27. The van der Waals surface area contributed by atoms with E-state index in [4.69, 9.17) is 39.5 Å². The Hall–Kier alpha value is -2.73. The summed E-state index contributed by atoms with van der Waals surface area (Å²) in [6.45, 7) is 3.73. The van der Waals surface area contributed by atoms with Crippen molar-refractivity contribution in [3.8, 4) is 5.75 Å². The highest BCUT2D eigenvalue weighted by Gasteiger charge is 2.32. The number of rotatable bonds is 10. The van der Waals surface area contributed by atoms with Crippen LogP contribution in [0.4, 0.5) is 0 Å². The molecule has 1 saturated carbocycles. The molecular formula is C32H35Cl3N2O3. The third kappa shape index (κ3) is 8.15. The molecule has 0 radical (unpaired) electrons. The van der Waals surface area contributed by atoms with Crippen LogP contribution in [0.15, 0.2) is 60.7 Å². The predicted octanol–water partition coefficient (Wildman–Crippen LogP) is 7.73. The Balaban J connectivity index is 1.64. The van der Waals surface area contributed by atoms with E-state index in [1.165, 1.54) is 6.42 Å². The minimum absolute atomic E-state index is 0.109. The lowest BCUT2D eigenvalue weighted by Gasteiger charge is -2.33. The highest BCUT2D eigenvalue weighted by molar-refractivity contribution is 6.42. The summed E-state index contributed by atoms with van der Waals surface area (Å²) in [7, 11) is 0. The standard InChI is InChI=1S/C32H35Cl3N2O3/c1-21-15-26(16-22(2)31(21)35)40-20-30(38)37(19-24-13-14-27(33)28(34)17-24)29(18-23-9-5-3-6-10-23)32(39)36-25-11-7-4-8-12-25/h3,5-6,9-10,13-17,25,29H,4,7-8,11-12,18-20H2,1-2H3,(H,36,39). The summed E-state index contributed by atoms with van der Waals surface area (Å²) in [6, 6.07) is 18.0. The molecule has 1 atom stereocenters. The van der Waals surface area contributed by atoms with E-state index >= 15 is 0 Å². The van der Waals surface area contributed by atoms with Crippen LogP contribution in [-0.4, -0.2) is 35.4 Å².